The van der Waals surface area contributed by atoms with Gasteiger partial charge in [-0.05, 0) is 25.1 Å². The monoisotopic (exact) mass is 501 g/mol. The molecule has 190 valence electrons. The van der Waals surface area contributed by atoms with Gasteiger partial charge in [0.15, 0.2) is 17.1 Å². The van der Waals surface area contributed by atoms with E-state index < -0.39 is 28.9 Å². The second-order valence-electron chi connectivity index (χ2n) is 9.39. The van der Waals surface area contributed by atoms with Gasteiger partial charge in [0, 0.05) is 43.7 Å². The fourth-order valence-electron chi connectivity index (χ4n) is 5.77. The number of hydrogen-bond donors (Lipinski definition) is 1. The van der Waals surface area contributed by atoms with Crippen molar-refractivity contribution in [3.05, 3.63) is 77.3 Å². The number of aliphatic hydroxyl groups is 1. The number of benzene rings is 2. The van der Waals surface area contributed by atoms with E-state index in [2.05, 4.69) is 4.90 Å². The summed E-state index contributed by atoms with van der Waals surface area (Å²) >= 11 is 0. The number of aliphatic hydroxyl groups excluding tert-OH is 1. The number of nitrogens with zero attached hydrogens (tertiary/aromatic N) is 3. The number of ketones is 1. The third-order valence-corrected chi connectivity index (χ3v) is 7.53. The van der Waals surface area contributed by atoms with E-state index in [-0.39, 0.29) is 17.9 Å². The van der Waals surface area contributed by atoms with Gasteiger partial charge in [-0.1, -0.05) is 36.4 Å². The normalized spacial score (nSPS) is 22.1. The number of anilines is 1. The van der Waals surface area contributed by atoms with Gasteiger partial charge in [0.1, 0.15) is 5.58 Å². The first-order valence-electron chi connectivity index (χ1n) is 12.5. The second kappa shape index (κ2) is 8.86. The zero-order valence-corrected chi connectivity index (χ0v) is 20.5. The lowest BCUT2D eigenvalue weighted by Gasteiger charge is -2.37. The minimum Gasteiger partial charge on any atom is -0.503 e. The lowest BCUT2D eigenvalue weighted by molar-refractivity contribution is -0.140. The molecule has 0 unspecified atom stereocenters. The largest absolute Gasteiger partial charge is 0.503 e. The maximum atomic E-state index is 14.3. The smallest absolute Gasteiger partial charge is 0.290 e. The van der Waals surface area contributed by atoms with Crippen LogP contribution in [-0.4, -0.2) is 78.4 Å². The van der Waals surface area contributed by atoms with Gasteiger partial charge in [0.25, 0.3) is 11.8 Å². The summed E-state index contributed by atoms with van der Waals surface area (Å²) in [4.78, 5) is 47.0. The number of ether oxygens (including phenoxy) is 1. The van der Waals surface area contributed by atoms with E-state index in [1.54, 1.807) is 41.3 Å². The number of furan rings is 1. The van der Waals surface area contributed by atoms with Gasteiger partial charge < -0.3 is 24.1 Å². The number of Topliss-reactive ketones (excluding diaryl/α,β-unsaturated/α-hetero) is 1. The van der Waals surface area contributed by atoms with E-state index in [4.69, 9.17) is 9.15 Å². The Morgan fingerprint density at radius 3 is 2.51 bits per heavy atom. The Morgan fingerprint density at radius 2 is 1.76 bits per heavy atom. The Bertz CT molecular complexity index is 1420. The summed E-state index contributed by atoms with van der Waals surface area (Å²) in [6.07, 6.45) is 0. The molecule has 3 aromatic rings. The first kappa shape index (κ1) is 23.4. The molecule has 1 atom stereocenters. The Labute approximate surface area is 213 Å². The lowest BCUT2D eigenvalue weighted by Crippen LogP contribution is -2.56. The zero-order valence-electron chi connectivity index (χ0n) is 20.5. The molecule has 0 saturated carbocycles. The van der Waals surface area contributed by atoms with Crippen LogP contribution < -0.4 is 4.90 Å². The Hall–Kier alpha value is -3.95. The summed E-state index contributed by atoms with van der Waals surface area (Å²) in [5.74, 6) is -2.61. The molecule has 1 saturated heterocycles. The summed E-state index contributed by atoms with van der Waals surface area (Å²) in [6.45, 7) is 5.38. The third kappa shape index (κ3) is 3.34. The van der Waals surface area contributed by atoms with E-state index in [0.717, 1.165) is 0 Å². The highest BCUT2D eigenvalue weighted by atomic mass is 16.5. The van der Waals surface area contributed by atoms with Crippen LogP contribution in [0.3, 0.4) is 0 Å². The first-order valence-corrected chi connectivity index (χ1v) is 12.5. The van der Waals surface area contributed by atoms with Crippen LogP contribution in [0, 0.1) is 0 Å². The molecule has 1 fully saturated rings. The van der Waals surface area contributed by atoms with Crippen molar-refractivity contribution in [1.82, 2.24) is 9.80 Å². The van der Waals surface area contributed by atoms with Gasteiger partial charge in [0.05, 0.1) is 24.5 Å². The van der Waals surface area contributed by atoms with Crippen molar-refractivity contribution >= 4 is 34.3 Å². The van der Waals surface area contributed by atoms with Crippen LogP contribution in [0.15, 0.2) is 70.3 Å². The number of hydrogen-bond acceptors (Lipinski definition) is 7. The van der Waals surface area contributed by atoms with Gasteiger partial charge >= 0.3 is 0 Å². The fourth-order valence-corrected chi connectivity index (χ4v) is 5.77. The van der Waals surface area contributed by atoms with Gasteiger partial charge in [-0.25, -0.2) is 0 Å². The minimum absolute atomic E-state index is 0.0369. The molecule has 9 heteroatoms. The molecule has 2 amide bonds. The van der Waals surface area contributed by atoms with Crippen LogP contribution in [0.2, 0.25) is 0 Å². The highest BCUT2D eigenvalue weighted by Gasteiger charge is 2.65. The highest BCUT2D eigenvalue weighted by molar-refractivity contribution is 6.26. The quantitative estimate of drug-likeness (QED) is 0.518. The van der Waals surface area contributed by atoms with Crippen molar-refractivity contribution in [3.8, 4) is 0 Å². The van der Waals surface area contributed by atoms with Gasteiger partial charge in [0.2, 0.25) is 5.78 Å². The fraction of sp³-hybridized carbons (Fsp3) is 0.321. The van der Waals surface area contributed by atoms with Crippen LogP contribution in [0.25, 0.3) is 11.0 Å². The van der Waals surface area contributed by atoms with E-state index >= 15 is 0 Å². The van der Waals surface area contributed by atoms with E-state index in [0.29, 0.717) is 61.6 Å². The molecule has 2 aromatic carbocycles. The van der Waals surface area contributed by atoms with Gasteiger partial charge in [-0.3, -0.25) is 19.3 Å². The molecule has 1 aromatic heterocycles. The minimum atomic E-state index is -1.78. The number of morpholine rings is 1. The number of carbonyl (C=O) groups excluding carboxylic acids is 3. The summed E-state index contributed by atoms with van der Waals surface area (Å²) in [6, 6.07) is 15.9. The number of carbonyl (C=O) groups is 3. The summed E-state index contributed by atoms with van der Waals surface area (Å²) in [7, 11) is 0. The zero-order chi connectivity index (χ0) is 25.7. The van der Waals surface area contributed by atoms with Crippen molar-refractivity contribution in [2.75, 3.05) is 50.8 Å². The lowest BCUT2D eigenvalue weighted by atomic mass is 9.81. The average Bonchev–Trinajstić information content (AvgIpc) is 3.53. The molecule has 1 spiro atoms. The second-order valence-corrected chi connectivity index (χ2v) is 9.39. The van der Waals surface area contributed by atoms with Crippen LogP contribution in [0.5, 0.6) is 0 Å². The van der Waals surface area contributed by atoms with Crippen LogP contribution in [0.1, 0.15) is 23.0 Å². The SMILES string of the molecule is CCN1C(=O)[C@@]2(C(C(=O)c3cc4ccccc4o3)=C(O)C(=O)N2CCN2CCOCC2)c2ccccc21. The maximum Gasteiger partial charge on any atom is 0.290 e. The standard InChI is InChI=1S/C28H27N3O6/c1-2-30-20-9-5-4-8-19(20)28(27(30)35)23(24(32)22-17-18-7-3-6-10-21(18)37-22)25(33)26(34)31(28)12-11-29-13-15-36-16-14-29/h3-10,17,33H,2,11-16H2,1H3/t28-/m0/s1. The molecule has 37 heavy (non-hydrogen) atoms. The molecule has 0 bridgehead atoms. The number of likely N-dealkylation sites (N-methyl/N-ethyl adjacent to an activating group) is 1. The van der Waals surface area contributed by atoms with E-state index in [1.807, 2.05) is 25.1 Å². The number of rotatable bonds is 6. The molecule has 3 aliphatic heterocycles. The molecule has 3 aliphatic rings. The molecule has 0 radical (unpaired) electrons. The van der Waals surface area contributed by atoms with Crippen molar-refractivity contribution in [1.29, 1.82) is 0 Å². The predicted molar refractivity (Wildman–Crippen MR) is 135 cm³/mol. The average molecular weight is 502 g/mol. The van der Waals surface area contributed by atoms with E-state index in [9.17, 15) is 19.5 Å². The van der Waals surface area contributed by atoms with Crippen molar-refractivity contribution in [3.63, 3.8) is 0 Å². The van der Waals surface area contributed by atoms with Crippen LogP contribution in [0.4, 0.5) is 5.69 Å². The van der Waals surface area contributed by atoms with Gasteiger partial charge in [-0.15, -0.1) is 0 Å². The molecular weight excluding hydrogens is 474 g/mol. The Kier molecular flexibility index (Phi) is 5.62. The Balaban J connectivity index is 1.50. The van der Waals surface area contributed by atoms with Crippen LogP contribution >= 0.6 is 0 Å². The van der Waals surface area contributed by atoms with Crippen molar-refractivity contribution in [2.45, 2.75) is 12.5 Å². The molecule has 0 aliphatic carbocycles. The van der Waals surface area contributed by atoms with E-state index in [1.165, 1.54) is 4.90 Å². The number of para-hydroxylation sites is 2. The Morgan fingerprint density at radius 1 is 1.03 bits per heavy atom. The highest BCUT2D eigenvalue weighted by Crippen LogP contribution is 2.53. The molecule has 9 nitrogen and oxygen atoms in total. The molecule has 4 heterocycles. The third-order valence-electron chi connectivity index (χ3n) is 7.53. The molecule has 6 rings (SSSR count). The number of fused-ring (bicyclic) bond motifs is 3. The first-order chi connectivity index (χ1) is 18.0. The summed E-state index contributed by atoms with van der Waals surface area (Å²) in [5.41, 5.74) is -0.422. The topological polar surface area (TPSA) is 104 Å². The number of amides is 2. The predicted octanol–water partition coefficient (Wildman–Crippen LogP) is 2.86. The molecule has 1 N–H and O–H groups in total. The van der Waals surface area contributed by atoms with Gasteiger partial charge in [-0.2, -0.15) is 0 Å². The summed E-state index contributed by atoms with van der Waals surface area (Å²) in [5, 5.41) is 11.9. The molecular formula is C28H27N3O6. The van der Waals surface area contributed by atoms with Crippen molar-refractivity contribution in [2.24, 2.45) is 0 Å². The summed E-state index contributed by atoms with van der Waals surface area (Å²) < 4.78 is 11.3. The van der Waals surface area contributed by atoms with Crippen LogP contribution in [-0.2, 0) is 19.9 Å². The van der Waals surface area contributed by atoms with Crippen molar-refractivity contribution < 1.29 is 28.6 Å². The maximum absolute atomic E-state index is 14.3.